The molecular formula is C56H74N14O16S2. The number of carbonyl (C=O) groups is 13. The third-order valence-electron chi connectivity index (χ3n) is 15.6. The molecule has 4 aliphatic heterocycles. The fourth-order valence-electron chi connectivity index (χ4n) is 10.0. The molecule has 0 radical (unpaired) electrons. The molecule has 7 rings (SSSR count). The molecule has 88 heavy (non-hydrogen) atoms. The number of rotatable bonds is 17. The van der Waals surface area contributed by atoms with Crippen LogP contribution in [0.5, 0.6) is 0 Å². The summed E-state index contributed by atoms with van der Waals surface area (Å²) in [5, 5.41) is 61.2. The number of aromatic amines is 1. The number of nitrogens with zero attached hydrogens (tertiary/aromatic N) is 2. The molecule has 12 atom stereocenters. The third kappa shape index (κ3) is 17.3. The van der Waals surface area contributed by atoms with E-state index in [0.29, 0.717) is 39.2 Å². The lowest BCUT2D eigenvalue weighted by Gasteiger charge is -2.48. The van der Waals surface area contributed by atoms with Gasteiger partial charge in [-0.15, -0.1) is 11.8 Å². The predicted octanol–water partition coefficient (Wildman–Crippen LogP) is -4.76. The Hall–Kier alpha value is -8.17. The molecule has 476 valence electrons. The number of hydrogen-bond acceptors (Lipinski definition) is 19. The van der Waals surface area contributed by atoms with Crippen LogP contribution in [-0.2, 0) is 75.3 Å². The maximum Gasteiger partial charge on any atom is 0.247 e. The smallest absolute Gasteiger partial charge is 0.247 e. The van der Waals surface area contributed by atoms with Crippen molar-refractivity contribution in [1.29, 1.82) is 0 Å². The summed E-state index contributed by atoms with van der Waals surface area (Å²) in [7, 11) is 0. The van der Waals surface area contributed by atoms with E-state index in [4.69, 9.17) is 0 Å². The van der Waals surface area contributed by atoms with Crippen molar-refractivity contribution >= 4 is 118 Å². The number of thioether (sulfide) groups is 1. The van der Waals surface area contributed by atoms with Crippen molar-refractivity contribution in [3.05, 3.63) is 59.7 Å². The highest BCUT2D eigenvalue weighted by atomic mass is 32.2. The molecule has 2 fully saturated rings. The van der Waals surface area contributed by atoms with Gasteiger partial charge in [0.15, 0.2) is 0 Å². The van der Waals surface area contributed by atoms with Gasteiger partial charge in [0.2, 0.25) is 76.8 Å². The highest BCUT2D eigenvalue weighted by Gasteiger charge is 2.48. The first kappa shape index (κ1) is 67.3. The van der Waals surface area contributed by atoms with E-state index >= 15 is 0 Å². The van der Waals surface area contributed by atoms with E-state index in [1.165, 1.54) is 26.0 Å². The first-order chi connectivity index (χ1) is 41.8. The van der Waals surface area contributed by atoms with Crippen molar-refractivity contribution in [1.82, 2.24) is 68.0 Å². The first-order valence-corrected chi connectivity index (χ1v) is 30.1. The van der Waals surface area contributed by atoms with Crippen LogP contribution >= 0.6 is 24.4 Å². The van der Waals surface area contributed by atoms with Gasteiger partial charge in [0, 0.05) is 60.6 Å². The number of para-hydroxylation sites is 1. The van der Waals surface area contributed by atoms with Crippen LogP contribution in [0.4, 0.5) is 5.69 Å². The van der Waals surface area contributed by atoms with Crippen molar-refractivity contribution in [3.63, 3.8) is 0 Å². The third-order valence-corrected chi connectivity index (χ3v) is 17.1. The van der Waals surface area contributed by atoms with E-state index in [1.807, 2.05) is 0 Å². The number of hydrogen-bond donors (Lipinski definition) is 16. The van der Waals surface area contributed by atoms with Crippen molar-refractivity contribution in [2.24, 2.45) is 11.8 Å². The molecular weight excluding hydrogens is 1190 g/mol. The second-order valence-electron chi connectivity index (χ2n) is 21.9. The zero-order chi connectivity index (χ0) is 64.1. The lowest BCUT2D eigenvalue weighted by atomic mass is 9.92. The van der Waals surface area contributed by atoms with Gasteiger partial charge in [0.05, 0.1) is 61.6 Å². The number of imide groups is 1. The number of aromatic nitrogens is 1. The summed E-state index contributed by atoms with van der Waals surface area (Å²) < 4.78 is 0. The number of amides is 13. The number of aliphatic hydroxyl groups excluding tert-OH is 3. The van der Waals surface area contributed by atoms with Crippen molar-refractivity contribution < 1.29 is 77.6 Å². The minimum Gasteiger partial charge on any atom is -0.394 e. The van der Waals surface area contributed by atoms with Gasteiger partial charge in [-0.2, -0.15) is 12.6 Å². The maximum absolute atomic E-state index is 14.8. The number of thiol groups is 1. The van der Waals surface area contributed by atoms with Gasteiger partial charge in [-0.05, 0) is 42.2 Å². The van der Waals surface area contributed by atoms with Gasteiger partial charge < -0.3 is 78.4 Å². The number of nitrogens with one attached hydrogen (secondary N) is 12. The molecule has 13 amide bonds. The van der Waals surface area contributed by atoms with Crippen LogP contribution in [-0.4, -0.2) is 212 Å². The summed E-state index contributed by atoms with van der Waals surface area (Å²) in [6.45, 7) is 2.88. The summed E-state index contributed by atoms with van der Waals surface area (Å²) in [6.07, 6.45) is -5.31. The summed E-state index contributed by atoms with van der Waals surface area (Å²) in [6, 6.07) is 4.51. The quantitative estimate of drug-likeness (QED) is 0.0446. The number of H-pyrrole nitrogens is 1. The Morgan fingerprint density at radius 2 is 1.47 bits per heavy atom. The van der Waals surface area contributed by atoms with Gasteiger partial charge >= 0.3 is 0 Å². The summed E-state index contributed by atoms with van der Waals surface area (Å²) >= 11 is 5.07. The van der Waals surface area contributed by atoms with Crippen molar-refractivity contribution in [3.8, 4) is 0 Å². The maximum atomic E-state index is 14.8. The Balaban J connectivity index is 1.10. The van der Waals surface area contributed by atoms with Gasteiger partial charge in [-0.25, -0.2) is 0 Å². The molecule has 2 bridgehead atoms. The number of fused-ring (bicyclic) bond motifs is 5. The van der Waals surface area contributed by atoms with Crippen LogP contribution in [0.15, 0.2) is 53.6 Å². The van der Waals surface area contributed by atoms with Gasteiger partial charge in [-0.1, -0.05) is 57.5 Å². The average Bonchev–Trinajstić information content (AvgIpc) is 1.80. The van der Waals surface area contributed by atoms with E-state index in [9.17, 15) is 77.6 Å². The largest absolute Gasteiger partial charge is 0.394 e. The SMILES string of the molecule is CCC(C)C1NC(=O)CNC(=O)C2Cc3c([nH]c4ccccc34)SCC(NC(=O)CNC1=O)C(=O)NC(CC(=O)NCc1ccc(NC(=O)[C@H](C)NC(=O)CNC(=O)CCN3C(=O)CC(S)C3=O)cc1)C(=O)N1CC(O)C1NC(C(C)C(O)CO)C(=O)N2. The van der Waals surface area contributed by atoms with Crippen molar-refractivity contribution in [2.45, 2.75) is 131 Å². The van der Waals surface area contributed by atoms with E-state index in [1.54, 1.807) is 50.2 Å². The number of likely N-dealkylation sites (tertiary alicyclic amines) is 1. The fraction of sp³-hybridized carbons (Fsp3) is 0.518. The van der Waals surface area contributed by atoms with Crippen LogP contribution < -0.4 is 58.5 Å². The van der Waals surface area contributed by atoms with Crippen LogP contribution in [0.25, 0.3) is 10.9 Å². The molecule has 2 saturated heterocycles. The number of anilines is 1. The van der Waals surface area contributed by atoms with E-state index in [2.05, 4.69) is 76.1 Å². The molecule has 2 aromatic carbocycles. The highest BCUT2D eigenvalue weighted by Crippen LogP contribution is 2.32. The Labute approximate surface area is 514 Å². The highest BCUT2D eigenvalue weighted by molar-refractivity contribution is 7.99. The molecule has 1 aromatic heterocycles. The summed E-state index contributed by atoms with van der Waals surface area (Å²) in [4.78, 5) is 181. The van der Waals surface area contributed by atoms with E-state index in [-0.39, 0.29) is 38.1 Å². The minimum atomic E-state index is -1.73. The molecule has 32 heteroatoms. The normalized spacial score (nSPS) is 24.8. The van der Waals surface area contributed by atoms with Crippen molar-refractivity contribution in [2.75, 3.05) is 50.4 Å². The molecule has 5 heterocycles. The Morgan fingerprint density at radius 3 is 2.14 bits per heavy atom. The summed E-state index contributed by atoms with van der Waals surface area (Å²) in [5.74, 6) is -11.7. The summed E-state index contributed by atoms with van der Waals surface area (Å²) in [5.41, 5.74) is 1.82. The first-order valence-electron chi connectivity index (χ1n) is 28.6. The molecule has 15 N–H and O–H groups in total. The molecule has 11 unspecified atom stereocenters. The van der Waals surface area contributed by atoms with Crippen LogP contribution in [0.2, 0.25) is 0 Å². The fourth-order valence-corrected chi connectivity index (χ4v) is 11.5. The van der Waals surface area contributed by atoms with Gasteiger partial charge in [0.25, 0.3) is 0 Å². The Bertz CT molecular complexity index is 3170. The number of aliphatic hydroxyl groups is 3. The Morgan fingerprint density at radius 1 is 0.773 bits per heavy atom. The van der Waals surface area contributed by atoms with Crippen LogP contribution in [0.1, 0.15) is 64.5 Å². The number of carbonyl (C=O) groups excluding carboxylic acids is 13. The lowest BCUT2D eigenvalue weighted by Crippen LogP contribution is -2.74. The predicted molar refractivity (Wildman–Crippen MR) is 317 cm³/mol. The second kappa shape index (κ2) is 30.6. The van der Waals surface area contributed by atoms with Crippen LogP contribution in [0.3, 0.4) is 0 Å². The molecule has 0 saturated carbocycles. The minimum absolute atomic E-state index is 0.0706. The van der Waals surface area contributed by atoms with E-state index in [0.717, 1.165) is 21.6 Å². The zero-order valence-corrected chi connectivity index (χ0v) is 50.3. The molecule has 4 aliphatic rings. The van der Waals surface area contributed by atoms with Gasteiger partial charge in [0.1, 0.15) is 42.5 Å². The van der Waals surface area contributed by atoms with E-state index < -0.39 is 188 Å². The Kier molecular flexibility index (Phi) is 23.4. The van der Waals surface area contributed by atoms with Crippen LogP contribution in [0, 0.1) is 11.8 Å². The zero-order valence-electron chi connectivity index (χ0n) is 48.6. The van der Waals surface area contributed by atoms with Gasteiger partial charge in [-0.3, -0.25) is 72.5 Å². The topological polar surface area (TPSA) is 437 Å². The number of benzene rings is 2. The average molecular weight is 1260 g/mol. The molecule has 3 aromatic rings. The monoisotopic (exact) mass is 1260 g/mol. The standard InChI is InChI=1S/C56H74N14O16S2/c1-5-26(2)46-52(83)60-21-43(77)63-36-25-88-54-32(31-8-6-7-9-33(31)66-54)16-34(50(81)59-22-44(78)67-46)64-53(84)47(27(3)38(73)24-71)68-48-37(72)23-70(48)55(85)35(65-51(36)82)17-41(75)57-19-29-10-12-30(13-11-29)62-49(80)28(4)61-42(76)20-58-40(74)14-15-69-45(79)18-39(87)56(69)86/h6-13,26-28,34-39,46-48,66,68,71-73,87H,5,14-25H2,1-4H3,(H,57,75)(H,58,74)(H,59,81)(H,60,83)(H,61,76)(H,62,80)(H,63,77)(H,64,84)(H,65,82)(H,67,78)/t26?,27?,28-,34?,35?,36?,37?,38?,39?,46?,47?,48?/m0/s1. The molecule has 0 aliphatic carbocycles. The molecule has 30 nitrogen and oxygen atoms in total. The lowest BCUT2D eigenvalue weighted by molar-refractivity contribution is -0.160. The molecule has 0 spiro atoms. The second-order valence-corrected chi connectivity index (χ2v) is 23.6.